The Balaban J connectivity index is 1.60. The number of nitrogens with zero attached hydrogens (tertiary/aromatic N) is 2. The summed E-state index contributed by atoms with van der Waals surface area (Å²) in [5.74, 6) is 0.620. The van der Waals surface area contributed by atoms with E-state index in [1.54, 1.807) is 24.3 Å². The van der Waals surface area contributed by atoms with E-state index in [1.807, 2.05) is 32.0 Å². The number of carbonyl (C=O) groups is 1. The van der Waals surface area contributed by atoms with Gasteiger partial charge in [0.05, 0.1) is 23.8 Å². The molecule has 0 aliphatic rings. The second-order valence-corrected chi connectivity index (χ2v) is 6.59. The molecule has 0 aliphatic heterocycles. The van der Waals surface area contributed by atoms with Crippen LogP contribution >= 0.6 is 0 Å². The van der Waals surface area contributed by atoms with Crippen LogP contribution in [0.2, 0.25) is 0 Å². The Bertz CT molecular complexity index is 1030. The highest BCUT2D eigenvalue weighted by molar-refractivity contribution is 5.80. The number of ether oxygens (including phenoxy) is 2. The maximum atomic E-state index is 12.6. The van der Waals surface area contributed by atoms with Gasteiger partial charge in [-0.05, 0) is 43.5 Å². The van der Waals surface area contributed by atoms with Gasteiger partial charge >= 0.3 is 5.97 Å². The first-order valence-electron chi connectivity index (χ1n) is 9.47. The second kappa shape index (κ2) is 9.17. The van der Waals surface area contributed by atoms with Crippen LogP contribution in [0.3, 0.4) is 0 Å². The predicted molar refractivity (Wildman–Crippen MR) is 108 cm³/mol. The number of aryl methyl sites for hydroxylation is 2. The van der Waals surface area contributed by atoms with Crippen molar-refractivity contribution < 1.29 is 14.3 Å². The molecule has 0 amide bonds. The minimum Gasteiger partial charge on any atom is -0.490 e. The Morgan fingerprint density at radius 2 is 1.89 bits per heavy atom. The zero-order valence-electron chi connectivity index (χ0n) is 16.2. The molecule has 0 saturated carbocycles. The van der Waals surface area contributed by atoms with Crippen LogP contribution in [0.4, 0.5) is 0 Å². The highest BCUT2D eigenvalue weighted by atomic mass is 16.6. The van der Waals surface area contributed by atoms with E-state index < -0.39 is 0 Å². The summed E-state index contributed by atoms with van der Waals surface area (Å²) in [6, 6.07) is 12.7. The largest absolute Gasteiger partial charge is 0.490 e. The van der Waals surface area contributed by atoms with Gasteiger partial charge in [-0.15, -0.1) is 0 Å². The standard InChI is InChI=1S/C22H24N2O4/c1-3-14-27-18-10-4-5-11-19(18)28-20(25)12-7-13-24-15-23-21-16(2)8-6-9-17(21)22(24)26/h4-6,8-11,15H,3,7,12-14H2,1-2H3. The minimum atomic E-state index is -0.356. The van der Waals surface area contributed by atoms with Gasteiger partial charge in [0.25, 0.3) is 5.56 Å². The van der Waals surface area contributed by atoms with E-state index in [1.165, 1.54) is 10.9 Å². The lowest BCUT2D eigenvalue weighted by atomic mass is 10.1. The molecule has 6 heteroatoms. The fraction of sp³-hybridized carbons (Fsp3) is 0.318. The molecule has 3 rings (SSSR count). The average Bonchev–Trinajstić information content (AvgIpc) is 2.69. The quantitative estimate of drug-likeness (QED) is 0.438. The van der Waals surface area contributed by atoms with Crippen LogP contribution < -0.4 is 15.0 Å². The fourth-order valence-electron chi connectivity index (χ4n) is 2.93. The Labute approximate surface area is 163 Å². The van der Waals surface area contributed by atoms with Crippen LogP contribution in [-0.2, 0) is 11.3 Å². The normalized spacial score (nSPS) is 10.8. The number of para-hydroxylation sites is 3. The molecule has 0 unspecified atom stereocenters. The van der Waals surface area contributed by atoms with Crippen molar-refractivity contribution in [2.75, 3.05) is 6.61 Å². The lowest BCUT2D eigenvalue weighted by molar-refractivity contribution is -0.134. The third kappa shape index (κ3) is 4.57. The molecule has 1 heterocycles. The monoisotopic (exact) mass is 380 g/mol. The van der Waals surface area contributed by atoms with Crippen LogP contribution in [0.1, 0.15) is 31.7 Å². The summed E-state index contributed by atoms with van der Waals surface area (Å²) in [5.41, 5.74) is 1.58. The first-order chi connectivity index (χ1) is 13.6. The Morgan fingerprint density at radius 3 is 2.68 bits per heavy atom. The number of esters is 1. The van der Waals surface area contributed by atoms with E-state index in [2.05, 4.69) is 4.98 Å². The zero-order valence-corrected chi connectivity index (χ0v) is 16.2. The van der Waals surface area contributed by atoms with Crippen molar-refractivity contribution in [3.63, 3.8) is 0 Å². The molecule has 3 aromatic rings. The van der Waals surface area contributed by atoms with Crippen LogP contribution in [0, 0.1) is 6.92 Å². The summed E-state index contributed by atoms with van der Waals surface area (Å²) in [4.78, 5) is 29.1. The molecule has 0 bridgehead atoms. The van der Waals surface area contributed by atoms with Crippen LogP contribution in [0.5, 0.6) is 11.5 Å². The van der Waals surface area contributed by atoms with Crippen molar-refractivity contribution in [3.8, 4) is 11.5 Å². The Morgan fingerprint density at radius 1 is 1.11 bits per heavy atom. The van der Waals surface area contributed by atoms with Gasteiger partial charge in [-0.2, -0.15) is 0 Å². The Hall–Kier alpha value is -3.15. The number of benzene rings is 2. The van der Waals surface area contributed by atoms with Gasteiger partial charge in [0.2, 0.25) is 0 Å². The molecule has 0 N–H and O–H groups in total. The van der Waals surface area contributed by atoms with E-state index in [0.29, 0.717) is 42.0 Å². The van der Waals surface area contributed by atoms with Crippen molar-refractivity contribution >= 4 is 16.9 Å². The smallest absolute Gasteiger partial charge is 0.311 e. The molecule has 0 aliphatic carbocycles. The first kappa shape index (κ1) is 19.6. The van der Waals surface area contributed by atoms with Gasteiger partial charge in [0, 0.05) is 13.0 Å². The average molecular weight is 380 g/mol. The summed E-state index contributed by atoms with van der Waals surface area (Å²) >= 11 is 0. The van der Waals surface area contributed by atoms with Crippen LogP contribution in [0.25, 0.3) is 10.9 Å². The van der Waals surface area contributed by atoms with Crippen molar-refractivity contribution in [2.45, 2.75) is 39.7 Å². The molecule has 0 fully saturated rings. The Kier molecular flexibility index (Phi) is 6.42. The molecule has 6 nitrogen and oxygen atoms in total. The molecule has 28 heavy (non-hydrogen) atoms. The zero-order chi connectivity index (χ0) is 19.9. The van der Waals surface area contributed by atoms with Crippen molar-refractivity contribution in [3.05, 3.63) is 64.7 Å². The van der Waals surface area contributed by atoms with Crippen LogP contribution in [0.15, 0.2) is 53.6 Å². The predicted octanol–water partition coefficient (Wildman–Crippen LogP) is 3.88. The molecule has 1 aromatic heterocycles. The van der Waals surface area contributed by atoms with E-state index in [-0.39, 0.29) is 17.9 Å². The highest BCUT2D eigenvalue weighted by Crippen LogP contribution is 2.27. The molecular formula is C22H24N2O4. The molecule has 0 saturated heterocycles. The molecular weight excluding hydrogens is 356 g/mol. The summed E-state index contributed by atoms with van der Waals surface area (Å²) < 4.78 is 12.6. The second-order valence-electron chi connectivity index (χ2n) is 6.59. The number of hydrogen-bond donors (Lipinski definition) is 0. The van der Waals surface area contributed by atoms with Crippen molar-refractivity contribution in [1.82, 2.24) is 9.55 Å². The molecule has 0 spiro atoms. The van der Waals surface area contributed by atoms with E-state index in [0.717, 1.165) is 12.0 Å². The molecule has 146 valence electrons. The number of hydrogen-bond acceptors (Lipinski definition) is 5. The number of fused-ring (bicyclic) bond motifs is 1. The highest BCUT2D eigenvalue weighted by Gasteiger charge is 2.11. The number of aromatic nitrogens is 2. The van der Waals surface area contributed by atoms with Gasteiger partial charge in [-0.3, -0.25) is 14.2 Å². The van der Waals surface area contributed by atoms with E-state index in [9.17, 15) is 9.59 Å². The third-order valence-corrected chi connectivity index (χ3v) is 4.37. The van der Waals surface area contributed by atoms with Crippen molar-refractivity contribution in [1.29, 1.82) is 0 Å². The SMILES string of the molecule is CCCOc1ccccc1OC(=O)CCCn1cnc2c(C)cccc2c1=O. The van der Waals surface area contributed by atoms with Gasteiger partial charge in [0.1, 0.15) is 0 Å². The van der Waals surface area contributed by atoms with Gasteiger partial charge < -0.3 is 9.47 Å². The summed E-state index contributed by atoms with van der Waals surface area (Å²) in [7, 11) is 0. The van der Waals surface area contributed by atoms with Gasteiger partial charge in [-0.1, -0.05) is 31.2 Å². The lowest BCUT2D eigenvalue weighted by Gasteiger charge is -2.11. The summed E-state index contributed by atoms with van der Waals surface area (Å²) in [5, 5.41) is 0.590. The minimum absolute atomic E-state index is 0.0969. The maximum Gasteiger partial charge on any atom is 0.311 e. The topological polar surface area (TPSA) is 70.4 Å². The number of carbonyl (C=O) groups excluding carboxylic acids is 1. The van der Waals surface area contributed by atoms with Crippen LogP contribution in [-0.4, -0.2) is 22.1 Å². The molecule has 0 atom stereocenters. The summed E-state index contributed by atoms with van der Waals surface area (Å²) in [6.45, 7) is 4.90. The van der Waals surface area contributed by atoms with E-state index >= 15 is 0 Å². The summed E-state index contributed by atoms with van der Waals surface area (Å²) in [6.07, 6.45) is 3.09. The third-order valence-electron chi connectivity index (χ3n) is 4.37. The van der Waals surface area contributed by atoms with Gasteiger partial charge in [-0.25, -0.2) is 4.98 Å². The van der Waals surface area contributed by atoms with Gasteiger partial charge in [0.15, 0.2) is 11.5 Å². The maximum absolute atomic E-state index is 12.6. The van der Waals surface area contributed by atoms with E-state index in [4.69, 9.17) is 9.47 Å². The van der Waals surface area contributed by atoms with Crippen molar-refractivity contribution in [2.24, 2.45) is 0 Å². The first-order valence-corrected chi connectivity index (χ1v) is 9.47. The molecule has 0 radical (unpaired) electrons. The lowest BCUT2D eigenvalue weighted by Crippen LogP contribution is -2.21. The molecule has 2 aromatic carbocycles. The number of rotatable bonds is 8. The fourth-order valence-corrected chi connectivity index (χ4v) is 2.93.